The molecule has 1 aliphatic heterocycles. The van der Waals surface area contributed by atoms with Gasteiger partial charge in [0.1, 0.15) is 6.04 Å². The van der Waals surface area contributed by atoms with E-state index >= 15 is 0 Å². The summed E-state index contributed by atoms with van der Waals surface area (Å²) in [5.74, 6) is -0.154. The van der Waals surface area contributed by atoms with Crippen molar-refractivity contribution < 1.29 is 14.0 Å². The predicted molar refractivity (Wildman–Crippen MR) is 75.1 cm³/mol. The molecular formula is C13H27NO3Si. The molecular weight excluding hydrogens is 246 g/mol. The number of rotatable bonds is 3. The third kappa shape index (κ3) is 3.33. The van der Waals surface area contributed by atoms with Gasteiger partial charge in [-0.15, -0.1) is 0 Å². The van der Waals surface area contributed by atoms with Crippen molar-refractivity contribution in [3.8, 4) is 0 Å². The number of carbonyl (C=O) groups excluding carboxylic acids is 1. The van der Waals surface area contributed by atoms with E-state index in [0.717, 1.165) is 13.0 Å². The van der Waals surface area contributed by atoms with Gasteiger partial charge in [0.2, 0.25) is 0 Å². The molecule has 1 rings (SSSR count). The minimum atomic E-state index is -1.75. The van der Waals surface area contributed by atoms with Crippen LogP contribution in [0.15, 0.2) is 0 Å². The molecule has 0 unspecified atom stereocenters. The lowest BCUT2D eigenvalue weighted by molar-refractivity contribution is -0.145. The molecule has 1 saturated heterocycles. The number of carbonyl (C=O) groups is 1. The van der Waals surface area contributed by atoms with Gasteiger partial charge < -0.3 is 9.16 Å². The molecule has 0 saturated carbocycles. The monoisotopic (exact) mass is 273 g/mol. The first kappa shape index (κ1) is 15.7. The van der Waals surface area contributed by atoms with Crippen molar-refractivity contribution in [2.75, 3.05) is 20.7 Å². The molecule has 0 spiro atoms. The Hall–Kier alpha value is -0.393. The maximum absolute atomic E-state index is 11.6. The molecule has 0 aromatic carbocycles. The average molecular weight is 273 g/mol. The van der Waals surface area contributed by atoms with Gasteiger partial charge in [-0.25, -0.2) is 0 Å². The van der Waals surface area contributed by atoms with Crippen molar-refractivity contribution in [1.82, 2.24) is 4.90 Å². The van der Waals surface area contributed by atoms with Crippen molar-refractivity contribution in [3.05, 3.63) is 0 Å². The van der Waals surface area contributed by atoms with Gasteiger partial charge in [0.25, 0.3) is 0 Å². The van der Waals surface area contributed by atoms with Crippen LogP contribution in [0, 0.1) is 0 Å². The second-order valence-corrected chi connectivity index (χ2v) is 11.5. The van der Waals surface area contributed by atoms with Crippen LogP contribution in [0.4, 0.5) is 0 Å². The average Bonchev–Trinajstić information content (AvgIpc) is 2.55. The minimum Gasteiger partial charge on any atom is -0.468 e. The smallest absolute Gasteiger partial charge is 0.323 e. The Morgan fingerprint density at radius 2 is 1.89 bits per heavy atom. The molecule has 4 nitrogen and oxygen atoms in total. The number of ether oxygens (including phenoxy) is 1. The molecule has 0 aliphatic carbocycles. The van der Waals surface area contributed by atoms with Gasteiger partial charge in [0.15, 0.2) is 8.32 Å². The highest BCUT2D eigenvalue weighted by Crippen LogP contribution is 2.38. The topological polar surface area (TPSA) is 38.8 Å². The molecule has 106 valence electrons. The highest BCUT2D eigenvalue weighted by molar-refractivity contribution is 6.74. The fourth-order valence-electron chi connectivity index (χ4n) is 2.04. The molecule has 2 atom stereocenters. The Morgan fingerprint density at radius 3 is 2.33 bits per heavy atom. The van der Waals surface area contributed by atoms with Gasteiger partial charge in [-0.3, -0.25) is 9.69 Å². The lowest BCUT2D eigenvalue weighted by Crippen LogP contribution is -2.44. The Morgan fingerprint density at radius 1 is 1.33 bits per heavy atom. The number of hydrogen-bond acceptors (Lipinski definition) is 4. The highest BCUT2D eigenvalue weighted by Gasteiger charge is 2.43. The summed E-state index contributed by atoms with van der Waals surface area (Å²) in [5.41, 5.74) is 0. The molecule has 18 heavy (non-hydrogen) atoms. The summed E-state index contributed by atoms with van der Waals surface area (Å²) in [6.07, 6.45) is 0.898. The standard InChI is InChI=1S/C13H27NO3Si/c1-13(2,3)18(6,7)17-10-8-11(12(15)16-5)14(4)9-10/h10-11H,8-9H2,1-7H3/t10-,11-/m0/s1. The van der Waals surface area contributed by atoms with Crippen molar-refractivity contribution in [2.45, 2.75) is 57.5 Å². The van der Waals surface area contributed by atoms with Crippen LogP contribution in [0.5, 0.6) is 0 Å². The second kappa shape index (κ2) is 5.31. The van der Waals surface area contributed by atoms with Crippen LogP contribution in [0.2, 0.25) is 18.1 Å². The molecule has 0 amide bonds. The van der Waals surface area contributed by atoms with Gasteiger partial charge in [-0.1, -0.05) is 20.8 Å². The number of esters is 1. The van der Waals surface area contributed by atoms with Gasteiger partial charge in [0.05, 0.1) is 13.2 Å². The Labute approximate surface area is 112 Å². The third-order valence-electron chi connectivity index (χ3n) is 4.25. The first-order valence-electron chi connectivity index (χ1n) is 6.54. The molecule has 1 fully saturated rings. The lowest BCUT2D eigenvalue weighted by Gasteiger charge is -2.38. The SMILES string of the molecule is COC(=O)[C@@H]1C[C@H](O[Si](C)(C)C(C)(C)C)CN1C. The fraction of sp³-hybridized carbons (Fsp3) is 0.923. The maximum Gasteiger partial charge on any atom is 0.323 e. The zero-order valence-electron chi connectivity index (χ0n) is 12.7. The van der Waals surface area contributed by atoms with E-state index < -0.39 is 8.32 Å². The lowest BCUT2D eigenvalue weighted by atomic mass is 10.2. The Balaban J connectivity index is 2.65. The summed E-state index contributed by atoms with van der Waals surface area (Å²) < 4.78 is 11.2. The van der Waals surface area contributed by atoms with E-state index in [2.05, 4.69) is 33.9 Å². The first-order valence-corrected chi connectivity index (χ1v) is 9.45. The van der Waals surface area contributed by atoms with Gasteiger partial charge >= 0.3 is 5.97 Å². The molecule has 0 N–H and O–H groups in total. The number of likely N-dealkylation sites (tertiary alicyclic amines) is 1. The van der Waals surface area contributed by atoms with E-state index in [1.54, 1.807) is 0 Å². The molecule has 0 aromatic heterocycles. The van der Waals surface area contributed by atoms with Crippen LogP contribution in [-0.4, -0.2) is 52.0 Å². The summed E-state index contributed by atoms with van der Waals surface area (Å²) >= 11 is 0. The summed E-state index contributed by atoms with van der Waals surface area (Å²) in [6.45, 7) is 12.0. The highest BCUT2D eigenvalue weighted by atomic mass is 28.4. The predicted octanol–water partition coefficient (Wildman–Crippen LogP) is 2.25. The molecule has 5 heteroatoms. The molecule has 1 aliphatic rings. The van der Waals surface area contributed by atoms with E-state index in [9.17, 15) is 4.79 Å². The van der Waals surface area contributed by atoms with Crippen LogP contribution in [0.25, 0.3) is 0 Å². The maximum atomic E-state index is 11.6. The van der Waals surface area contributed by atoms with E-state index in [1.165, 1.54) is 7.11 Å². The summed E-state index contributed by atoms with van der Waals surface area (Å²) in [7, 11) is 1.64. The van der Waals surface area contributed by atoms with Crippen molar-refractivity contribution in [2.24, 2.45) is 0 Å². The van der Waals surface area contributed by atoms with Crippen molar-refractivity contribution in [1.29, 1.82) is 0 Å². The van der Waals surface area contributed by atoms with Gasteiger partial charge in [-0.2, -0.15) is 0 Å². The number of nitrogens with zero attached hydrogens (tertiary/aromatic N) is 1. The van der Waals surface area contributed by atoms with Crippen LogP contribution in [0.3, 0.4) is 0 Å². The van der Waals surface area contributed by atoms with Gasteiger partial charge in [-0.05, 0) is 31.6 Å². The van der Waals surface area contributed by atoms with Crippen LogP contribution >= 0.6 is 0 Å². The molecule has 1 heterocycles. The normalized spacial score (nSPS) is 26.4. The minimum absolute atomic E-state index is 0.148. The van der Waals surface area contributed by atoms with Crippen LogP contribution < -0.4 is 0 Å². The number of methoxy groups -OCH3 is 1. The molecule has 0 aromatic rings. The second-order valence-electron chi connectivity index (χ2n) is 6.71. The van der Waals surface area contributed by atoms with E-state index in [0.29, 0.717) is 0 Å². The van der Waals surface area contributed by atoms with Gasteiger partial charge in [0, 0.05) is 6.54 Å². The third-order valence-corrected chi connectivity index (χ3v) is 8.79. The zero-order chi connectivity index (χ0) is 14.1. The van der Waals surface area contributed by atoms with Crippen LogP contribution in [0.1, 0.15) is 27.2 Å². The summed E-state index contributed by atoms with van der Waals surface area (Å²) in [5, 5.41) is 0.203. The Kier molecular flexibility index (Phi) is 4.62. The molecule has 0 bridgehead atoms. The fourth-order valence-corrected chi connectivity index (χ4v) is 3.40. The molecule has 0 radical (unpaired) electrons. The zero-order valence-corrected chi connectivity index (χ0v) is 13.7. The van der Waals surface area contributed by atoms with E-state index in [4.69, 9.17) is 9.16 Å². The summed E-state index contributed by atoms with van der Waals surface area (Å²) in [6, 6.07) is -0.148. The van der Waals surface area contributed by atoms with Crippen molar-refractivity contribution >= 4 is 14.3 Å². The quantitative estimate of drug-likeness (QED) is 0.584. The number of likely N-dealkylation sites (N-methyl/N-ethyl adjacent to an activating group) is 1. The largest absolute Gasteiger partial charge is 0.468 e. The van der Waals surface area contributed by atoms with Crippen molar-refractivity contribution in [3.63, 3.8) is 0 Å². The summed E-state index contributed by atoms with van der Waals surface area (Å²) in [4.78, 5) is 13.7. The first-order chi connectivity index (χ1) is 8.08. The van der Waals surface area contributed by atoms with E-state index in [-0.39, 0.29) is 23.2 Å². The Bertz CT molecular complexity index is 312. The number of hydrogen-bond donors (Lipinski definition) is 0. The van der Waals surface area contributed by atoms with Crippen LogP contribution in [-0.2, 0) is 14.0 Å². The van der Waals surface area contributed by atoms with E-state index in [1.807, 2.05) is 11.9 Å².